The summed E-state index contributed by atoms with van der Waals surface area (Å²) >= 11 is 0. The summed E-state index contributed by atoms with van der Waals surface area (Å²) in [5.41, 5.74) is 0.611. The van der Waals surface area contributed by atoms with Gasteiger partial charge >= 0.3 is 17.9 Å². The predicted molar refractivity (Wildman–Crippen MR) is 104 cm³/mol. The van der Waals surface area contributed by atoms with Crippen LogP contribution in [0.1, 0.15) is 27.6 Å². The van der Waals surface area contributed by atoms with Gasteiger partial charge in [0, 0.05) is 14.0 Å². The molecule has 0 amide bonds. The van der Waals surface area contributed by atoms with Crippen LogP contribution in [0.25, 0.3) is 0 Å². The molecule has 0 aromatic heterocycles. The van der Waals surface area contributed by atoms with Crippen molar-refractivity contribution >= 4 is 17.9 Å². The largest absolute Gasteiger partial charge is 0.452 e. The van der Waals surface area contributed by atoms with Gasteiger partial charge in [-0.15, -0.1) is 0 Å². The molecule has 0 unspecified atom stereocenters. The van der Waals surface area contributed by atoms with Crippen LogP contribution in [0.3, 0.4) is 0 Å². The average molecular weight is 414 g/mol. The highest BCUT2D eigenvalue weighted by Crippen LogP contribution is 2.29. The van der Waals surface area contributed by atoms with E-state index < -0.39 is 42.5 Å². The number of methoxy groups -OCH3 is 1. The highest BCUT2D eigenvalue weighted by molar-refractivity contribution is 5.90. The first-order chi connectivity index (χ1) is 14.5. The lowest BCUT2D eigenvalue weighted by atomic mass is 10.1. The average Bonchev–Trinajstić information content (AvgIpc) is 3.04. The summed E-state index contributed by atoms with van der Waals surface area (Å²) in [6.07, 6.45) is -4.27. The zero-order valence-corrected chi connectivity index (χ0v) is 16.6. The summed E-state index contributed by atoms with van der Waals surface area (Å²) in [6, 6.07) is 16.6. The van der Waals surface area contributed by atoms with Crippen LogP contribution in [0.5, 0.6) is 0 Å². The Balaban J connectivity index is 1.85. The van der Waals surface area contributed by atoms with Crippen molar-refractivity contribution in [3.63, 3.8) is 0 Å². The van der Waals surface area contributed by atoms with E-state index in [-0.39, 0.29) is 6.61 Å². The standard InChI is InChI=1S/C22H22O8/c1-14(23)27-22-19(30-21(25)16-11-7-4-8-12-16)18(17(28-22)13-26-2)29-20(24)15-9-5-3-6-10-15/h3-12,17-19,22H,13H2,1-2H3/t17-,18-,19-,22+/m1/s1. The van der Waals surface area contributed by atoms with Gasteiger partial charge in [0.1, 0.15) is 6.10 Å². The fourth-order valence-electron chi connectivity index (χ4n) is 3.05. The summed E-state index contributed by atoms with van der Waals surface area (Å²) in [6.45, 7) is 1.23. The van der Waals surface area contributed by atoms with E-state index in [2.05, 4.69) is 0 Å². The number of esters is 3. The minimum Gasteiger partial charge on any atom is -0.452 e. The zero-order valence-electron chi connectivity index (χ0n) is 16.6. The monoisotopic (exact) mass is 414 g/mol. The van der Waals surface area contributed by atoms with E-state index in [1.54, 1.807) is 60.7 Å². The van der Waals surface area contributed by atoms with Crippen LogP contribution in [0.15, 0.2) is 60.7 Å². The molecule has 2 aromatic carbocycles. The summed E-state index contributed by atoms with van der Waals surface area (Å²) < 4.78 is 27.2. The van der Waals surface area contributed by atoms with E-state index in [1.165, 1.54) is 14.0 Å². The van der Waals surface area contributed by atoms with Gasteiger partial charge in [0.15, 0.2) is 6.10 Å². The van der Waals surface area contributed by atoms with Crippen LogP contribution in [0, 0.1) is 0 Å². The van der Waals surface area contributed by atoms with Gasteiger partial charge in [0.25, 0.3) is 0 Å². The molecular formula is C22H22O8. The quantitative estimate of drug-likeness (QED) is 0.503. The molecule has 1 heterocycles. The molecule has 0 spiro atoms. The third kappa shape index (κ3) is 5.22. The minimum absolute atomic E-state index is 0.0316. The van der Waals surface area contributed by atoms with Crippen molar-refractivity contribution in [2.24, 2.45) is 0 Å². The molecule has 0 saturated carbocycles. The first kappa shape index (κ1) is 21.5. The van der Waals surface area contributed by atoms with Crippen molar-refractivity contribution < 1.29 is 38.1 Å². The maximum absolute atomic E-state index is 12.6. The Kier molecular flexibility index (Phi) is 7.16. The lowest BCUT2D eigenvalue weighted by molar-refractivity contribution is -0.188. The number of rotatable bonds is 7. The molecule has 8 nitrogen and oxygen atoms in total. The number of carbonyl (C=O) groups is 3. The van der Waals surface area contributed by atoms with Crippen molar-refractivity contribution in [3.05, 3.63) is 71.8 Å². The molecule has 1 fully saturated rings. The maximum Gasteiger partial charge on any atom is 0.338 e. The number of ether oxygens (including phenoxy) is 5. The van der Waals surface area contributed by atoms with Crippen molar-refractivity contribution in [2.75, 3.05) is 13.7 Å². The van der Waals surface area contributed by atoms with Crippen molar-refractivity contribution in [1.29, 1.82) is 0 Å². The van der Waals surface area contributed by atoms with Crippen LogP contribution in [-0.2, 0) is 28.5 Å². The molecule has 30 heavy (non-hydrogen) atoms. The summed E-state index contributed by atoms with van der Waals surface area (Å²) in [5, 5.41) is 0. The topological polar surface area (TPSA) is 97.4 Å². The molecule has 0 bridgehead atoms. The van der Waals surface area contributed by atoms with Gasteiger partial charge in [-0.25, -0.2) is 9.59 Å². The van der Waals surface area contributed by atoms with Crippen LogP contribution in [0.4, 0.5) is 0 Å². The van der Waals surface area contributed by atoms with Crippen LogP contribution in [-0.4, -0.2) is 56.2 Å². The minimum atomic E-state index is -1.25. The van der Waals surface area contributed by atoms with Gasteiger partial charge in [-0.3, -0.25) is 4.79 Å². The molecule has 4 atom stereocenters. The molecule has 158 valence electrons. The van der Waals surface area contributed by atoms with Crippen LogP contribution < -0.4 is 0 Å². The summed E-state index contributed by atoms with van der Waals surface area (Å²) in [4.78, 5) is 36.8. The van der Waals surface area contributed by atoms with Crippen LogP contribution in [0.2, 0.25) is 0 Å². The summed E-state index contributed by atoms with van der Waals surface area (Å²) in [7, 11) is 1.45. The molecular weight excluding hydrogens is 392 g/mol. The maximum atomic E-state index is 12.6. The van der Waals surface area contributed by atoms with Gasteiger partial charge < -0.3 is 23.7 Å². The van der Waals surface area contributed by atoms with E-state index in [0.29, 0.717) is 11.1 Å². The molecule has 1 saturated heterocycles. The number of carbonyl (C=O) groups excluding carboxylic acids is 3. The molecule has 0 N–H and O–H groups in total. The van der Waals surface area contributed by atoms with Crippen LogP contribution >= 0.6 is 0 Å². The Morgan fingerprint density at radius 1 is 0.800 bits per heavy atom. The van der Waals surface area contributed by atoms with Crippen molar-refractivity contribution in [3.8, 4) is 0 Å². The van der Waals surface area contributed by atoms with Gasteiger partial charge in [0.2, 0.25) is 12.4 Å². The lowest BCUT2D eigenvalue weighted by Gasteiger charge is -2.23. The van der Waals surface area contributed by atoms with E-state index >= 15 is 0 Å². The number of benzene rings is 2. The fraction of sp³-hybridized carbons (Fsp3) is 0.318. The van der Waals surface area contributed by atoms with Gasteiger partial charge in [-0.05, 0) is 24.3 Å². The lowest BCUT2D eigenvalue weighted by Crippen LogP contribution is -2.42. The zero-order chi connectivity index (χ0) is 21.5. The van der Waals surface area contributed by atoms with E-state index in [4.69, 9.17) is 23.7 Å². The van der Waals surface area contributed by atoms with Gasteiger partial charge in [-0.1, -0.05) is 36.4 Å². The van der Waals surface area contributed by atoms with E-state index in [0.717, 1.165) is 0 Å². The molecule has 2 aromatic rings. The molecule has 0 radical (unpaired) electrons. The first-order valence-corrected chi connectivity index (χ1v) is 9.33. The second-order valence-electron chi connectivity index (χ2n) is 6.58. The Labute approximate surface area is 173 Å². The van der Waals surface area contributed by atoms with Crippen molar-refractivity contribution in [2.45, 2.75) is 31.5 Å². The fourth-order valence-corrected chi connectivity index (χ4v) is 3.05. The Morgan fingerprint density at radius 3 is 1.77 bits per heavy atom. The Morgan fingerprint density at radius 2 is 1.30 bits per heavy atom. The Hall–Kier alpha value is -3.23. The molecule has 1 aliphatic rings. The summed E-state index contributed by atoms with van der Waals surface area (Å²) in [5.74, 6) is -1.93. The molecule has 0 aliphatic carbocycles. The van der Waals surface area contributed by atoms with E-state index in [9.17, 15) is 14.4 Å². The number of hydrogen-bond acceptors (Lipinski definition) is 8. The smallest absolute Gasteiger partial charge is 0.338 e. The third-order valence-electron chi connectivity index (χ3n) is 4.39. The highest BCUT2D eigenvalue weighted by Gasteiger charge is 2.51. The second kappa shape index (κ2) is 10.00. The van der Waals surface area contributed by atoms with Gasteiger partial charge in [-0.2, -0.15) is 0 Å². The van der Waals surface area contributed by atoms with Gasteiger partial charge in [0.05, 0.1) is 17.7 Å². The predicted octanol–water partition coefficient (Wildman–Crippen LogP) is 2.37. The number of hydrogen-bond donors (Lipinski definition) is 0. The molecule has 1 aliphatic heterocycles. The third-order valence-corrected chi connectivity index (χ3v) is 4.39. The highest BCUT2D eigenvalue weighted by atomic mass is 16.8. The SMILES string of the molecule is COC[C@H]1O[C@H](OC(C)=O)[C@H](OC(=O)c2ccccc2)[C@@H]1OC(=O)c1ccccc1. The first-order valence-electron chi connectivity index (χ1n) is 9.33. The second-order valence-corrected chi connectivity index (χ2v) is 6.58. The Bertz CT molecular complexity index is 867. The molecule has 3 rings (SSSR count). The van der Waals surface area contributed by atoms with Crippen molar-refractivity contribution in [1.82, 2.24) is 0 Å². The van der Waals surface area contributed by atoms with E-state index in [1.807, 2.05) is 0 Å². The normalized spacial score (nSPS) is 22.9. The molecule has 8 heteroatoms.